The van der Waals surface area contributed by atoms with Crippen molar-refractivity contribution in [2.75, 3.05) is 12.4 Å². The van der Waals surface area contributed by atoms with Crippen LogP contribution in [0, 0.1) is 3.57 Å². The molecule has 2 rings (SSSR count). The molecule has 0 aliphatic carbocycles. The van der Waals surface area contributed by atoms with Gasteiger partial charge in [-0.3, -0.25) is 4.68 Å². The second-order valence-electron chi connectivity index (χ2n) is 3.01. The third kappa shape index (κ3) is 2.09. The molecule has 2 aromatic rings. The van der Waals surface area contributed by atoms with Crippen molar-refractivity contribution in [3.05, 3.63) is 22.0 Å². The minimum atomic E-state index is 0.639. The second-order valence-corrected chi connectivity index (χ2v) is 4.18. The molecule has 2 heterocycles. The van der Waals surface area contributed by atoms with E-state index in [0.717, 1.165) is 15.1 Å². The number of nitrogens with zero attached hydrogens (tertiary/aromatic N) is 4. The Labute approximate surface area is 101 Å². The van der Waals surface area contributed by atoms with Crippen molar-refractivity contribution in [1.29, 1.82) is 0 Å². The lowest BCUT2D eigenvalue weighted by atomic mass is 10.4. The average Bonchev–Trinajstić information content (AvgIpc) is 2.66. The predicted molar refractivity (Wildman–Crippen MR) is 66.5 cm³/mol. The molecule has 0 fully saturated rings. The molecule has 6 heteroatoms. The van der Waals surface area contributed by atoms with Gasteiger partial charge in [0.2, 0.25) is 0 Å². The third-order valence-corrected chi connectivity index (χ3v) is 2.71. The lowest BCUT2D eigenvalue weighted by Crippen LogP contribution is -2.00. The van der Waals surface area contributed by atoms with Gasteiger partial charge < -0.3 is 5.32 Å². The van der Waals surface area contributed by atoms with Crippen molar-refractivity contribution < 1.29 is 0 Å². The Hall–Kier alpha value is -1.18. The first-order valence-corrected chi connectivity index (χ1v) is 5.49. The molecule has 0 saturated heterocycles. The van der Waals surface area contributed by atoms with Crippen molar-refractivity contribution in [1.82, 2.24) is 19.7 Å². The van der Waals surface area contributed by atoms with Gasteiger partial charge in [0.1, 0.15) is 11.5 Å². The van der Waals surface area contributed by atoms with Crippen LogP contribution in [0.2, 0.25) is 0 Å². The lowest BCUT2D eigenvalue weighted by molar-refractivity contribution is 0.768. The average molecular weight is 315 g/mol. The Morgan fingerprint density at radius 1 is 1.47 bits per heavy atom. The normalized spacial score (nSPS) is 10.3. The molecule has 0 radical (unpaired) electrons. The number of aryl methyl sites for hydroxylation is 1. The van der Waals surface area contributed by atoms with Gasteiger partial charge in [0, 0.05) is 26.5 Å². The van der Waals surface area contributed by atoms with E-state index in [1.54, 1.807) is 10.9 Å². The number of rotatable bonds is 2. The number of nitrogens with one attached hydrogen (secondary N) is 1. The second kappa shape index (κ2) is 4.13. The largest absolute Gasteiger partial charge is 0.372 e. The van der Waals surface area contributed by atoms with Crippen LogP contribution in [0.3, 0.4) is 0 Å². The standard InChI is InChI=1S/C9H10IN5/c1-11-8-6(10)5-12-9(13-8)7-3-4-15(2)14-7/h3-5H,1-2H3,(H,11,12,13). The van der Waals surface area contributed by atoms with E-state index < -0.39 is 0 Å². The number of aromatic nitrogens is 4. The Bertz CT molecular complexity index is 479. The summed E-state index contributed by atoms with van der Waals surface area (Å²) in [6.07, 6.45) is 3.65. The van der Waals surface area contributed by atoms with Gasteiger partial charge in [0.25, 0.3) is 0 Å². The topological polar surface area (TPSA) is 55.6 Å². The molecule has 5 nitrogen and oxygen atoms in total. The predicted octanol–water partition coefficient (Wildman–Crippen LogP) is 1.52. The van der Waals surface area contributed by atoms with Crippen LogP contribution >= 0.6 is 22.6 Å². The molecule has 15 heavy (non-hydrogen) atoms. The maximum atomic E-state index is 4.37. The van der Waals surface area contributed by atoms with Crippen LogP contribution < -0.4 is 5.32 Å². The monoisotopic (exact) mass is 315 g/mol. The van der Waals surface area contributed by atoms with Crippen molar-refractivity contribution in [3.63, 3.8) is 0 Å². The van der Waals surface area contributed by atoms with Gasteiger partial charge in [0.15, 0.2) is 5.82 Å². The van der Waals surface area contributed by atoms with E-state index in [2.05, 4.69) is 43.0 Å². The lowest BCUT2D eigenvalue weighted by Gasteiger charge is -2.03. The summed E-state index contributed by atoms with van der Waals surface area (Å²) in [4.78, 5) is 8.60. The summed E-state index contributed by atoms with van der Waals surface area (Å²) in [5.74, 6) is 1.46. The zero-order valence-corrected chi connectivity index (χ0v) is 10.6. The number of anilines is 1. The quantitative estimate of drug-likeness (QED) is 0.854. The molecule has 0 aliphatic rings. The number of hydrogen-bond acceptors (Lipinski definition) is 4. The SMILES string of the molecule is CNc1nc(-c2ccn(C)n2)ncc1I. The molecule has 2 aromatic heterocycles. The van der Waals surface area contributed by atoms with E-state index in [4.69, 9.17) is 0 Å². The molecule has 0 unspecified atom stereocenters. The van der Waals surface area contributed by atoms with Crippen LogP contribution in [0.25, 0.3) is 11.5 Å². The smallest absolute Gasteiger partial charge is 0.182 e. The third-order valence-electron chi connectivity index (χ3n) is 1.92. The Kier molecular flexibility index (Phi) is 2.85. The van der Waals surface area contributed by atoms with Crippen LogP contribution in [0.4, 0.5) is 5.82 Å². The summed E-state index contributed by atoms with van der Waals surface area (Å²) in [5.41, 5.74) is 0.783. The van der Waals surface area contributed by atoms with Crippen molar-refractivity contribution in [2.45, 2.75) is 0 Å². The molecular formula is C9H10IN5. The molecule has 0 amide bonds. The van der Waals surface area contributed by atoms with E-state index >= 15 is 0 Å². The summed E-state index contributed by atoms with van der Waals surface area (Å²) in [6.45, 7) is 0. The highest BCUT2D eigenvalue weighted by Gasteiger charge is 2.07. The van der Waals surface area contributed by atoms with Crippen molar-refractivity contribution in [3.8, 4) is 11.5 Å². The molecule has 0 aromatic carbocycles. The fourth-order valence-corrected chi connectivity index (χ4v) is 1.73. The molecule has 78 valence electrons. The minimum absolute atomic E-state index is 0.639. The summed E-state index contributed by atoms with van der Waals surface area (Å²) in [6, 6.07) is 1.89. The molecule has 0 aliphatic heterocycles. The molecule has 0 atom stereocenters. The van der Waals surface area contributed by atoms with Gasteiger partial charge in [0.05, 0.1) is 3.57 Å². The summed E-state index contributed by atoms with van der Waals surface area (Å²) in [7, 11) is 3.71. The molecule has 0 saturated carbocycles. The van der Waals surface area contributed by atoms with Crippen LogP contribution in [0.15, 0.2) is 18.5 Å². The Morgan fingerprint density at radius 2 is 2.27 bits per heavy atom. The van der Waals surface area contributed by atoms with Gasteiger partial charge in [-0.2, -0.15) is 5.10 Å². The Morgan fingerprint density at radius 3 is 2.87 bits per heavy atom. The minimum Gasteiger partial charge on any atom is -0.372 e. The van der Waals surface area contributed by atoms with Gasteiger partial charge in [-0.05, 0) is 28.7 Å². The van der Waals surface area contributed by atoms with Gasteiger partial charge in [-0.1, -0.05) is 0 Å². The van der Waals surface area contributed by atoms with E-state index in [1.165, 1.54) is 0 Å². The molecule has 0 spiro atoms. The summed E-state index contributed by atoms with van der Waals surface area (Å²) >= 11 is 2.19. The fraction of sp³-hybridized carbons (Fsp3) is 0.222. The Balaban J connectivity index is 2.45. The maximum Gasteiger partial charge on any atom is 0.182 e. The number of hydrogen-bond donors (Lipinski definition) is 1. The molecular weight excluding hydrogens is 305 g/mol. The number of halogens is 1. The highest BCUT2D eigenvalue weighted by molar-refractivity contribution is 14.1. The van der Waals surface area contributed by atoms with E-state index in [1.807, 2.05) is 26.4 Å². The van der Waals surface area contributed by atoms with Gasteiger partial charge >= 0.3 is 0 Å². The van der Waals surface area contributed by atoms with Crippen molar-refractivity contribution >= 4 is 28.4 Å². The highest BCUT2D eigenvalue weighted by Crippen LogP contribution is 2.18. The first-order valence-electron chi connectivity index (χ1n) is 4.41. The van der Waals surface area contributed by atoms with Gasteiger partial charge in [-0.15, -0.1) is 0 Å². The summed E-state index contributed by atoms with van der Waals surface area (Å²) in [5, 5.41) is 7.27. The summed E-state index contributed by atoms with van der Waals surface area (Å²) < 4.78 is 2.73. The van der Waals surface area contributed by atoms with E-state index in [0.29, 0.717) is 5.82 Å². The van der Waals surface area contributed by atoms with Crippen LogP contribution in [-0.4, -0.2) is 26.8 Å². The molecule has 0 bridgehead atoms. The first-order chi connectivity index (χ1) is 7.20. The zero-order valence-electron chi connectivity index (χ0n) is 8.40. The van der Waals surface area contributed by atoms with Crippen molar-refractivity contribution in [2.24, 2.45) is 7.05 Å². The van der Waals surface area contributed by atoms with E-state index in [9.17, 15) is 0 Å². The fourth-order valence-electron chi connectivity index (χ4n) is 1.20. The maximum absolute atomic E-state index is 4.37. The highest BCUT2D eigenvalue weighted by atomic mass is 127. The van der Waals surface area contributed by atoms with E-state index in [-0.39, 0.29) is 0 Å². The van der Waals surface area contributed by atoms with Gasteiger partial charge in [-0.25, -0.2) is 9.97 Å². The zero-order chi connectivity index (χ0) is 10.8. The first kappa shape index (κ1) is 10.3. The van der Waals surface area contributed by atoms with Crippen LogP contribution in [0.1, 0.15) is 0 Å². The van der Waals surface area contributed by atoms with Crippen LogP contribution in [-0.2, 0) is 7.05 Å². The molecule has 1 N–H and O–H groups in total. The van der Waals surface area contributed by atoms with Crippen LogP contribution in [0.5, 0.6) is 0 Å².